The molecular formula is C15H12ClN5O. The lowest BCUT2D eigenvalue weighted by atomic mass is 10.1. The van der Waals surface area contributed by atoms with E-state index in [0.29, 0.717) is 10.7 Å². The van der Waals surface area contributed by atoms with Crippen LogP contribution in [-0.2, 0) is 11.2 Å². The van der Waals surface area contributed by atoms with Crippen LogP contribution in [0.4, 0.5) is 5.69 Å². The van der Waals surface area contributed by atoms with E-state index in [1.165, 1.54) is 11.0 Å². The van der Waals surface area contributed by atoms with Crippen LogP contribution >= 0.6 is 11.6 Å². The number of carbonyl (C=O) groups is 1. The number of rotatable bonds is 4. The van der Waals surface area contributed by atoms with Gasteiger partial charge in [0, 0.05) is 10.7 Å². The van der Waals surface area contributed by atoms with Gasteiger partial charge in [-0.1, -0.05) is 35.9 Å². The number of hydrogen-bond acceptors (Lipinski definition) is 4. The predicted octanol–water partition coefficient (Wildman–Crippen LogP) is 2.50. The summed E-state index contributed by atoms with van der Waals surface area (Å²) in [5.74, 6) is -0.137. The molecule has 0 saturated heterocycles. The normalized spacial score (nSPS) is 10.4. The third-order valence-corrected chi connectivity index (χ3v) is 3.42. The summed E-state index contributed by atoms with van der Waals surface area (Å²) >= 11 is 6.06. The van der Waals surface area contributed by atoms with E-state index < -0.39 is 0 Å². The maximum atomic E-state index is 12.1. The molecule has 1 aromatic heterocycles. The van der Waals surface area contributed by atoms with Gasteiger partial charge in [0.1, 0.15) is 6.33 Å². The molecule has 1 N–H and O–H groups in total. The summed E-state index contributed by atoms with van der Waals surface area (Å²) in [6.45, 7) is 0. The van der Waals surface area contributed by atoms with Gasteiger partial charge in [0.15, 0.2) is 0 Å². The number of tetrazole rings is 1. The first-order valence-electron chi connectivity index (χ1n) is 6.59. The quantitative estimate of drug-likeness (QED) is 0.803. The molecule has 6 nitrogen and oxygen atoms in total. The fourth-order valence-electron chi connectivity index (χ4n) is 2.03. The van der Waals surface area contributed by atoms with Gasteiger partial charge in [0.05, 0.1) is 12.1 Å². The molecule has 0 spiro atoms. The van der Waals surface area contributed by atoms with E-state index in [4.69, 9.17) is 11.6 Å². The first kappa shape index (κ1) is 14.2. The van der Waals surface area contributed by atoms with Gasteiger partial charge in [-0.25, -0.2) is 4.68 Å². The summed E-state index contributed by atoms with van der Waals surface area (Å²) < 4.78 is 1.52. The number of hydrogen-bond donors (Lipinski definition) is 1. The van der Waals surface area contributed by atoms with Crippen molar-refractivity contribution >= 4 is 23.2 Å². The Morgan fingerprint density at radius 2 is 2.05 bits per heavy atom. The molecule has 110 valence electrons. The van der Waals surface area contributed by atoms with Gasteiger partial charge in [0.25, 0.3) is 0 Å². The summed E-state index contributed by atoms with van der Waals surface area (Å²) in [5, 5.41) is 14.4. The van der Waals surface area contributed by atoms with E-state index in [0.717, 1.165) is 11.3 Å². The zero-order valence-electron chi connectivity index (χ0n) is 11.5. The Labute approximate surface area is 131 Å². The standard InChI is InChI=1S/C15H12ClN5O/c16-14-7-2-1-4-11(14)8-15(22)18-12-5-3-6-13(9-12)21-10-17-19-20-21/h1-7,9-10H,8H2,(H,18,22). The number of nitrogens with one attached hydrogen (secondary N) is 1. The Balaban J connectivity index is 1.72. The predicted molar refractivity (Wildman–Crippen MR) is 82.9 cm³/mol. The highest BCUT2D eigenvalue weighted by atomic mass is 35.5. The lowest BCUT2D eigenvalue weighted by Gasteiger charge is -2.08. The van der Waals surface area contributed by atoms with Crippen molar-refractivity contribution in [2.24, 2.45) is 0 Å². The molecule has 3 rings (SSSR count). The molecule has 0 unspecified atom stereocenters. The molecule has 0 fully saturated rings. The Morgan fingerprint density at radius 1 is 1.18 bits per heavy atom. The van der Waals surface area contributed by atoms with Crippen molar-refractivity contribution < 1.29 is 4.79 Å². The number of benzene rings is 2. The van der Waals surface area contributed by atoms with Crippen LogP contribution in [0.2, 0.25) is 5.02 Å². The molecule has 0 aliphatic carbocycles. The van der Waals surface area contributed by atoms with Gasteiger partial charge in [-0.3, -0.25) is 4.79 Å². The van der Waals surface area contributed by atoms with Crippen molar-refractivity contribution in [1.29, 1.82) is 0 Å². The number of carbonyl (C=O) groups excluding carboxylic acids is 1. The SMILES string of the molecule is O=C(Cc1ccccc1Cl)Nc1cccc(-n2cnnn2)c1. The second-order valence-electron chi connectivity index (χ2n) is 4.62. The molecule has 0 aliphatic heterocycles. The van der Waals surface area contributed by atoms with Gasteiger partial charge in [0.2, 0.25) is 5.91 Å². The Kier molecular flexibility index (Phi) is 4.11. The molecule has 0 bridgehead atoms. The largest absolute Gasteiger partial charge is 0.326 e. The van der Waals surface area contributed by atoms with Crippen LogP contribution in [-0.4, -0.2) is 26.1 Å². The molecule has 0 radical (unpaired) electrons. The van der Waals surface area contributed by atoms with Crippen LogP contribution in [0, 0.1) is 0 Å². The zero-order valence-corrected chi connectivity index (χ0v) is 12.2. The van der Waals surface area contributed by atoms with Crippen LogP contribution in [0.5, 0.6) is 0 Å². The summed E-state index contributed by atoms with van der Waals surface area (Å²) in [6, 6.07) is 14.6. The summed E-state index contributed by atoms with van der Waals surface area (Å²) in [5.41, 5.74) is 2.23. The van der Waals surface area contributed by atoms with Crippen LogP contribution in [0.25, 0.3) is 5.69 Å². The average Bonchev–Trinajstić information content (AvgIpc) is 3.04. The molecule has 1 heterocycles. The van der Waals surface area contributed by atoms with Crippen LogP contribution in [0.15, 0.2) is 54.9 Å². The van der Waals surface area contributed by atoms with Crippen LogP contribution in [0.1, 0.15) is 5.56 Å². The van der Waals surface area contributed by atoms with Crippen molar-refractivity contribution in [3.63, 3.8) is 0 Å². The fraction of sp³-hybridized carbons (Fsp3) is 0.0667. The summed E-state index contributed by atoms with van der Waals surface area (Å²) in [6.07, 6.45) is 1.71. The average molecular weight is 314 g/mol. The van der Waals surface area contributed by atoms with Gasteiger partial charge in [-0.05, 0) is 40.3 Å². The smallest absolute Gasteiger partial charge is 0.228 e. The molecule has 2 aromatic carbocycles. The molecule has 7 heteroatoms. The van der Waals surface area contributed by atoms with Gasteiger partial charge < -0.3 is 5.32 Å². The monoisotopic (exact) mass is 313 g/mol. The topological polar surface area (TPSA) is 72.7 Å². The number of aromatic nitrogens is 4. The maximum absolute atomic E-state index is 12.1. The zero-order chi connectivity index (χ0) is 15.4. The number of amides is 1. The van der Waals surface area contributed by atoms with Crippen molar-refractivity contribution in [2.75, 3.05) is 5.32 Å². The molecule has 1 amide bonds. The Bertz CT molecular complexity index is 788. The molecule has 0 aliphatic rings. The van der Waals surface area contributed by atoms with Crippen molar-refractivity contribution in [3.05, 3.63) is 65.4 Å². The number of anilines is 1. The second kappa shape index (κ2) is 6.36. The molecular weight excluding hydrogens is 302 g/mol. The van der Waals surface area contributed by atoms with Gasteiger partial charge in [-0.2, -0.15) is 0 Å². The van der Waals surface area contributed by atoms with E-state index in [1.807, 2.05) is 30.3 Å². The van der Waals surface area contributed by atoms with Gasteiger partial charge in [-0.15, -0.1) is 5.10 Å². The summed E-state index contributed by atoms with van der Waals surface area (Å²) in [7, 11) is 0. The molecule has 22 heavy (non-hydrogen) atoms. The van der Waals surface area contributed by atoms with Crippen molar-refractivity contribution in [1.82, 2.24) is 20.2 Å². The van der Waals surface area contributed by atoms with Crippen LogP contribution in [0.3, 0.4) is 0 Å². The van der Waals surface area contributed by atoms with E-state index in [1.54, 1.807) is 18.2 Å². The highest BCUT2D eigenvalue weighted by Crippen LogP contribution is 2.17. The van der Waals surface area contributed by atoms with Crippen molar-refractivity contribution in [2.45, 2.75) is 6.42 Å². The summed E-state index contributed by atoms with van der Waals surface area (Å²) in [4.78, 5) is 12.1. The highest BCUT2D eigenvalue weighted by molar-refractivity contribution is 6.31. The maximum Gasteiger partial charge on any atom is 0.228 e. The lowest BCUT2D eigenvalue weighted by Crippen LogP contribution is -2.14. The van der Waals surface area contributed by atoms with Crippen LogP contribution < -0.4 is 5.32 Å². The lowest BCUT2D eigenvalue weighted by molar-refractivity contribution is -0.115. The minimum atomic E-state index is -0.137. The first-order chi connectivity index (χ1) is 10.7. The van der Waals surface area contributed by atoms with Crippen molar-refractivity contribution in [3.8, 4) is 5.69 Å². The van der Waals surface area contributed by atoms with E-state index >= 15 is 0 Å². The van der Waals surface area contributed by atoms with E-state index in [-0.39, 0.29) is 12.3 Å². The molecule has 3 aromatic rings. The van der Waals surface area contributed by atoms with E-state index in [9.17, 15) is 4.79 Å². The third kappa shape index (κ3) is 3.29. The fourth-order valence-corrected chi connectivity index (χ4v) is 2.23. The molecule has 0 saturated carbocycles. The minimum absolute atomic E-state index is 0.137. The highest BCUT2D eigenvalue weighted by Gasteiger charge is 2.08. The minimum Gasteiger partial charge on any atom is -0.326 e. The number of nitrogens with zero attached hydrogens (tertiary/aromatic N) is 4. The third-order valence-electron chi connectivity index (χ3n) is 3.05. The molecule has 0 atom stereocenters. The van der Waals surface area contributed by atoms with E-state index in [2.05, 4.69) is 20.8 Å². The van der Waals surface area contributed by atoms with Gasteiger partial charge >= 0.3 is 0 Å². The Hall–Kier alpha value is -2.73. The number of halogens is 1. The second-order valence-corrected chi connectivity index (χ2v) is 5.03. The Morgan fingerprint density at radius 3 is 2.82 bits per heavy atom. The first-order valence-corrected chi connectivity index (χ1v) is 6.97.